The van der Waals surface area contributed by atoms with E-state index in [1.165, 1.54) is 0 Å². The van der Waals surface area contributed by atoms with Crippen molar-refractivity contribution in [3.63, 3.8) is 0 Å². The molecule has 3 aliphatic rings. The maximum Gasteiger partial charge on any atom is 0.336 e. The van der Waals surface area contributed by atoms with Crippen molar-refractivity contribution in [2.24, 2.45) is 10.9 Å². The molecule has 0 spiro atoms. The number of rotatable bonds is 6. The van der Waals surface area contributed by atoms with Crippen molar-refractivity contribution in [1.82, 2.24) is 0 Å². The predicted octanol–water partition coefficient (Wildman–Crippen LogP) is 4.38. The van der Waals surface area contributed by atoms with Crippen LogP contribution in [0, 0.1) is 5.92 Å². The number of ether oxygens (including phenoxy) is 4. The predicted molar refractivity (Wildman–Crippen MR) is 120 cm³/mol. The molecule has 2 aliphatic carbocycles. The number of carbonyl (C=O) groups is 2. The Labute approximate surface area is 188 Å². The van der Waals surface area contributed by atoms with Gasteiger partial charge in [-0.25, -0.2) is 4.79 Å². The fourth-order valence-electron chi connectivity index (χ4n) is 5.24. The molecule has 0 aromatic heterocycles. The van der Waals surface area contributed by atoms with Gasteiger partial charge in [0.1, 0.15) is 17.6 Å². The molecule has 1 aromatic rings. The molecule has 7 heteroatoms. The van der Waals surface area contributed by atoms with Gasteiger partial charge in [0.05, 0.1) is 32.8 Å². The summed E-state index contributed by atoms with van der Waals surface area (Å²) in [5.41, 5.74) is 2.58. The van der Waals surface area contributed by atoms with E-state index in [0.29, 0.717) is 40.5 Å². The van der Waals surface area contributed by atoms with Gasteiger partial charge in [0, 0.05) is 35.4 Å². The van der Waals surface area contributed by atoms with Crippen molar-refractivity contribution < 1.29 is 28.5 Å². The largest absolute Gasteiger partial charge is 0.496 e. The zero-order valence-corrected chi connectivity index (χ0v) is 19.2. The molecule has 0 bridgehead atoms. The fourth-order valence-corrected chi connectivity index (χ4v) is 5.24. The van der Waals surface area contributed by atoms with Crippen molar-refractivity contribution in [1.29, 1.82) is 0 Å². The van der Waals surface area contributed by atoms with Crippen molar-refractivity contribution in [2.75, 3.05) is 21.3 Å². The highest BCUT2D eigenvalue weighted by Crippen LogP contribution is 2.48. The molecule has 7 nitrogen and oxygen atoms in total. The second-order valence-electron chi connectivity index (χ2n) is 8.64. The van der Waals surface area contributed by atoms with E-state index in [1.807, 2.05) is 13.0 Å². The Hall–Kier alpha value is -2.83. The van der Waals surface area contributed by atoms with Crippen LogP contribution in [0.4, 0.5) is 0 Å². The molecule has 0 N–H and O–H groups in total. The minimum Gasteiger partial charge on any atom is -0.496 e. The maximum atomic E-state index is 13.4. The van der Waals surface area contributed by atoms with Gasteiger partial charge in [0.25, 0.3) is 0 Å². The third kappa shape index (κ3) is 4.00. The Morgan fingerprint density at radius 1 is 0.906 bits per heavy atom. The molecule has 2 fully saturated rings. The zero-order valence-electron chi connectivity index (χ0n) is 19.2. The molecule has 32 heavy (non-hydrogen) atoms. The molecular formula is C25H31NO6. The Morgan fingerprint density at radius 2 is 1.56 bits per heavy atom. The second kappa shape index (κ2) is 9.35. The highest BCUT2D eigenvalue weighted by Gasteiger charge is 2.45. The third-order valence-electron chi connectivity index (χ3n) is 6.77. The number of hydrogen-bond donors (Lipinski definition) is 0. The van der Waals surface area contributed by atoms with Crippen LogP contribution >= 0.6 is 0 Å². The smallest absolute Gasteiger partial charge is 0.336 e. The van der Waals surface area contributed by atoms with Crippen molar-refractivity contribution in [2.45, 2.75) is 63.9 Å². The molecule has 0 radical (unpaired) electrons. The summed E-state index contributed by atoms with van der Waals surface area (Å²) in [4.78, 5) is 31.3. The first kappa shape index (κ1) is 22.4. The van der Waals surface area contributed by atoms with Gasteiger partial charge in [0.2, 0.25) is 0 Å². The first-order valence-corrected chi connectivity index (χ1v) is 11.3. The van der Waals surface area contributed by atoms with E-state index in [1.54, 1.807) is 27.4 Å². The highest BCUT2D eigenvalue weighted by atomic mass is 16.5. The number of hydrogen-bond acceptors (Lipinski definition) is 7. The molecule has 0 amide bonds. The molecule has 1 aliphatic heterocycles. The molecule has 1 heterocycles. The van der Waals surface area contributed by atoms with E-state index < -0.39 is 17.8 Å². The van der Waals surface area contributed by atoms with Crippen molar-refractivity contribution in [3.8, 4) is 17.2 Å². The van der Waals surface area contributed by atoms with Crippen molar-refractivity contribution >= 4 is 17.5 Å². The summed E-state index contributed by atoms with van der Waals surface area (Å²) in [5.74, 6) is 0.212. The van der Waals surface area contributed by atoms with Gasteiger partial charge < -0.3 is 18.9 Å². The van der Waals surface area contributed by atoms with Crippen LogP contribution in [0.1, 0.15) is 63.4 Å². The van der Waals surface area contributed by atoms with Crippen LogP contribution in [0.15, 0.2) is 28.4 Å². The number of nitrogens with zero attached hydrogens (tertiary/aromatic N) is 1. The highest BCUT2D eigenvalue weighted by molar-refractivity contribution is 6.11. The molecule has 1 aromatic carbocycles. The van der Waals surface area contributed by atoms with Crippen LogP contribution in [0.25, 0.3) is 0 Å². The van der Waals surface area contributed by atoms with Gasteiger partial charge in [-0.3, -0.25) is 9.79 Å². The van der Waals surface area contributed by atoms with Crippen LogP contribution in [0.3, 0.4) is 0 Å². The monoisotopic (exact) mass is 441 g/mol. The Kier molecular flexibility index (Phi) is 6.53. The lowest BCUT2D eigenvalue weighted by Gasteiger charge is -2.36. The number of carbonyl (C=O) groups excluding carboxylic acids is 2. The average molecular weight is 442 g/mol. The van der Waals surface area contributed by atoms with E-state index in [4.69, 9.17) is 23.9 Å². The van der Waals surface area contributed by atoms with Crippen LogP contribution in [0.2, 0.25) is 0 Å². The number of ketones is 1. The molecule has 0 unspecified atom stereocenters. The number of fused-ring (bicyclic) bond motifs is 1. The standard InChI is InChI=1S/C25H31NO6/c1-14-22(25(28)32-15-8-5-6-9-15)23(24-17(26-14)10-7-11-18(24)27)16-12-20(30-3)21(31-4)13-19(16)29-2/h12-13,15,23-24H,5-11H2,1-4H3/t23-,24+/m1/s1. The fraction of sp³-hybridized carbons (Fsp3) is 0.560. The van der Waals surface area contributed by atoms with Gasteiger partial charge >= 0.3 is 5.97 Å². The molecule has 172 valence electrons. The zero-order chi connectivity index (χ0) is 22.8. The lowest BCUT2D eigenvalue weighted by molar-refractivity contribution is -0.144. The topological polar surface area (TPSA) is 83.4 Å². The summed E-state index contributed by atoms with van der Waals surface area (Å²) in [6, 6.07) is 3.55. The summed E-state index contributed by atoms with van der Waals surface area (Å²) >= 11 is 0. The average Bonchev–Trinajstić information content (AvgIpc) is 3.30. The third-order valence-corrected chi connectivity index (χ3v) is 6.77. The second-order valence-corrected chi connectivity index (χ2v) is 8.64. The quantitative estimate of drug-likeness (QED) is 0.609. The first-order valence-electron chi connectivity index (χ1n) is 11.3. The molecule has 2 atom stereocenters. The van der Waals surface area contributed by atoms with Crippen LogP contribution < -0.4 is 14.2 Å². The Morgan fingerprint density at radius 3 is 2.22 bits per heavy atom. The van der Waals surface area contributed by atoms with E-state index in [9.17, 15) is 9.59 Å². The summed E-state index contributed by atoms with van der Waals surface area (Å²) in [6.07, 6.45) is 5.78. The van der Waals surface area contributed by atoms with Crippen LogP contribution in [0.5, 0.6) is 17.2 Å². The minimum atomic E-state index is -0.543. The summed E-state index contributed by atoms with van der Waals surface area (Å²) in [5, 5.41) is 0. The Bertz CT molecular complexity index is 973. The normalized spacial score (nSPS) is 23.5. The molecular weight excluding hydrogens is 410 g/mol. The summed E-state index contributed by atoms with van der Waals surface area (Å²) < 4.78 is 22.5. The SMILES string of the molecule is COc1cc(OC)c([C@@H]2C(C(=O)OC3CCCC3)=C(C)N=C3CCCC(=O)[C@H]32)cc1OC. The number of Topliss-reactive ketones (excluding diaryl/α,β-unsaturated/α-hetero) is 1. The van der Waals surface area contributed by atoms with Crippen LogP contribution in [-0.4, -0.2) is 44.9 Å². The number of esters is 1. The summed E-state index contributed by atoms with van der Waals surface area (Å²) in [6.45, 7) is 1.83. The number of aliphatic imine (C=N–C) groups is 1. The van der Waals surface area contributed by atoms with Gasteiger partial charge in [-0.15, -0.1) is 0 Å². The number of allylic oxidation sites excluding steroid dienone is 1. The Balaban J connectivity index is 1.86. The minimum absolute atomic E-state index is 0.0804. The van der Waals surface area contributed by atoms with E-state index in [0.717, 1.165) is 44.2 Å². The van der Waals surface area contributed by atoms with Gasteiger partial charge in [-0.1, -0.05) is 0 Å². The first-order chi connectivity index (χ1) is 15.5. The molecule has 0 saturated heterocycles. The molecule has 2 saturated carbocycles. The van der Waals surface area contributed by atoms with E-state index in [2.05, 4.69) is 0 Å². The lowest BCUT2D eigenvalue weighted by atomic mass is 9.69. The number of benzene rings is 1. The van der Waals surface area contributed by atoms with Gasteiger partial charge in [0.15, 0.2) is 11.5 Å². The van der Waals surface area contributed by atoms with E-state index >= 15 is 0 Å². The van der Waals surface area contributed by atoms with Crippen molar-refractivity contribution in [3.05, 3.63) is 29.0 Å². The molecule has 4 rings (SSSR count). The maximum absolute atomic E-state index is 13.4. The number of methoxy groups -OCH3 is 3. The van der Waals surface area contributed by atoms with Crippen LogP contribution in [-0.2, 0) is 14.3 Å². The van der Waals surface area contributed by atoms with Gasteiger partial charge in [-0.05, 0) is 51.5 Å². The summed E-state index contributed by atoms with van der Waals surface area (Å²) in [7, 11) is 4.68. The van der Waals surface area contributed by atoms with Gasteiger partial charge in [-0.2, -0.15) is 0 Å². The lowest BCUT2D eigenvalue weighted by Crippen LogP contribution is -2.39. The van der Waals surface area contributed by atoms with E-state index in [-0.39, 0.29) is 11.9 Å².